The van der Waals surface area contributed by atoms with Crippen LogP contribution in [0.15, 0.2) is 36.4 Å². The van der Waals surface area contributed by atoms with Crippen molar-refractivity contribution in [3.05, 3.63) is 52.0 Å². The Morgan fingerprint density at radius 3 is 2.16 bits per heavy atom. The molecule has 0 aromatic heterocycles. The lowest BCUT2D eigenvalue weighted by Crippen LogP contribution is -2.06. The summed E-state index contributed by atoms with van der Waals surface area (Å²) in [4.78, 5) is 0. The molecule has 0 aliphatic heterocycles. The summed E-state index contributed by atoms with van der Waals surface area (Å²) in [6, 6.07) is 7.37. The number of aromatic hydroxyl groups is 1. The first-order chi connectivity index (χ1) is 8.80. The third-order valence-corrected chi connectivity index (χ3v) is 3.17. The van der Waals surface area contributed by atoms with Crippen LogP contribution in [0.25, 0.3) is 11.1 Å². The molecular weight excluding hydrogens is 300 g/mol. The van der Waals surface area contributed by atoms with Crippen LogP contribution in [0.1, 0.15) is 5.56 Å². The number of hydrogen-bond donors (Lipinski definition) is 1. The van der Waals surface area contributed by atoms with E-state index >= 15 is 0 Å². The van der Waals surface area contributed by atoms with Crippen LogP contribution in [0, 0.1) is 0 Å². The standard InChI is InChI=1S/C13H7Cl2F3O/c14-10-6-12(19)11(15)5-8(10)7-3-1-2-4-9(7)13(16,17)18/h1-6,19H. The fourth-order valence-electron chi connectivity index (χ4n) is 1.71. The molecule has 2 aromatic rings. The van der Waals surface area contributed by atoms with Crippen molar-refractivity contribution in [3.8, 4) is 16.9 Å². The van der Waals surface area contributed by atoms with E-state index in [0.717, 1.165) is 12.1 Å². The minimum Gasteiger partial charge on any atom is -0.506 e. The second kappa shape index (κ2) is 4.94. The van der Waals surface area contributed by atoms with Crippen LogP contribution in [0.4, 0.5) is 13.2 Å². The molecule has 0 unspecified atom stereocenters. The molecule has 0 bridgehead atoms. The monoisotopic (exact) mass is 306 g/mol. The van der Waals surface area contributed by atoms with Gasteiger partial charge < -0.3 is 5.11 Å². The molecule has 0 atom stereocenters. The molecule has 0 fully saturated rings. The second-order valence-corrected chi connectivity index (χ2v) is 4.64. The zero-order valence-corrected chi connectivity index (χ0v) is 10.8. The second-order valence-electron chi connectivity index (χ2n) is 3.83. The SMILES string of the molecule is Oc1cc(Cl)c(-c2ccccc2C(F)(F)F)cc1Cl. The van der Waals surface area contributed by atoms with Gasteiger partial charge in [0, 0.05) is 11.6 Å². The Morgan fingerprint density at radius 2 is 1.53 bits per heavy atom. The minimum atomic E-state index is -4.50. The van der Waals surface area contributed by atoms with Crippen molar-refractivity contribution in [2.24, 2.45) is 0 Å². The Hall–Kier alpha value is -1.39. The highest BCUT2D eigenvalue weighted by molar-refractivity contribution is 6.36. The lowest BCUT2D eigenvalue weighted by atomic mass is 9.99. The third-order valence-electron chi connectivity index (χ3n) is 2.56. The van der Waals surface area contributed by atoms with Crippen LogP contribution in [0.5, 0.6) is 5.75 Å². The summed E-state index contributed by atoms with van der Waals surface area (Å²) < 4.78 is 38.8. The summed E-state index contributed by atoms with van der Waals surface area (Å²) >= 11 is 11.6. The van der Waals surface area contributed by atoms with E-state index < -0.39 is 11.7 Å². The van der Waals surface area contributed by atoms with Gasteiger partial charge in [-0.1, -0.05) is 41.4 Å². The van der Waals surface area contributed by atoms with Gasteiger partial charge in [0.1, 0.15) is 5.75 Å². The van der Waals surface area contributed by atoms with Crippen molar-refractivity contribution in [2.45, 2.75) is 6.18 Å². The van der Waals surface area contributed by atoms with E-state index in [9.17, 15) is 18.3 Å². The van der Waals surface area contributed by atoms with Crippen molar-refractivity contribution in [2.75, 3.05) is 0 Å². The third kappa shape index (κ3) is 2.80. The number of benzene rings is 2. The minimum absolute atomic E-state index is 0.00130. The lowest BCUT2D eigenvalue weighted by Gasteiger charge is -2.14. The first-order valence-corrected chi connectivity index (χ1v) is 5.91. The predicted octanol–water partition coefficient (Wildman–Crippen LogP) is 5.38. The maximum atomic E-state index is 12.9. The zero-order valence-electron chi connectivity index (χ0n) is 9.30. The van der Waals surface area contributed by atoms with Gasteiger partial charge in [0.15, 0.2) is 0 Å². The van der Waals surface area contributed by atoms with Crippen molar-refractivity contribution in [1.82, 2.24) is 0 Å². The number of alkyl halides is 3. The Bertz CT molecular complexity index is 624. The van der Waals surface area contributed by atoms with Gasteiger partial charge in [0.2, 0.25) is 0 Å². The Morgan fingerprint density at radius 1 is 0.895 bits per heavy atom. The Labute approximate surface area is 117 Å². The molecule has 6 heteroatoms. The van der Waals surface area contributed by atoms with E-state index in [1.54, 1.807) is 0 Å². The van der Waals surface area contributed by atoms with Gasteiger partial charge in [-0.25, -0.2) is 0 Å². The molecule has 1 nitrogen and oxygen atoms in total. The summed E-state index contributed by atoms with van der Waals surface area (Å²) in [6.07, 6.45) is -4.50. The first kappa shape index (κ1) is 14.0. The first-order valence-electron chi connectivity index (χ1n) is 5.15. The summed E-state index contributed by atoms with van der Waals surface area (Å²) in [7, 11) is 0. The Balaban J connectivity index is 2.70. The van der Waals surface area contributed by atoms with E-state index in [-0.39, 0.29) is 26.9 Å². The van der Waals surface area contributed by atoms with Gasteiger partial charge in [-0.3, -0.25) is 0 Å². The fraction of sp³-hybridized carbons (Fsp3) is 0.0769. The van der Waals surface area contributed by atoms with E-state index in [1.165, 1.54) is 24.3 Å². The van der Waals surface area contributed by atoms with Crippen LogP contribution in [0.3, 0.4) is 0 Å². The highest BCUT2D eigenvalue weighted by Gasteiger charge is 2.33. The van der Waals surface area contributed by atoms with Gasteiger partial charge in [-0.2, -0.15) is 13.2 Å². The topological polar surface area (TPSA) is 20.2 Å². The molecule has 0 radical (unpaired) electrons. The van der Waals surface area contributed by atoms with E-state index in [0.29, 0.717) is 0 Å². The lowest BCUT2D eigenvalue weighted by molar-refractivity contribution is -0.137. The van der Waals surface area contributed by atoms with Crippen molar-refractivity contribution < 1.29 is 18.3 Å². The van der Waals surface area contributed by atoms with Crippen LogP contribution in [-0.2, 0) is 6.18 Å². The molecule has 100 valence electrons. The summed E-state index contributed by atoms with van der Waals surface area (Å²) in [5.41, 5.74) is -0.766. The fourth-order valence-corrected chi connectivity index (χ4v) is 2.13. The molecule has 0 spiro atoms. The van der Waals surface area contributed by atoms with Gasteiger partial charge >= 0.3 is 6.18 Å². The molecule has 0 saturated heterocycles. The normalized spacial score (nSPS) is 11.6. The molecule has 0 saturated carbocycles. The molecule has 0 amide bonds. The molecule has 2 rings (SSSR count). The maximum Gasteiger partial charge on any atom is 0.417 e. The number of phenolic OH excluding ortho intramolecular Hbond substituents is 1. The summed E-state index contributed by atoms with van der Waals surface area (Å²) in [5, 5.41) is 9.30. The molecule has 1 N–H and O–H groups in total. The van der Waals surface area contributed by atoms with Crippen LogP contribution in [-0.4, -0.2) is 5.11 Å². The zero-order chi connectivity index (χ0) is 14.2. The van der Waals surface area contributed by atoms with Gasteiger partial charge in [-0.15, -0.1) is 0 Å². The van der Waals surface area contributed by atoms with Gasteiger partial charge in [0.25, 0.3) is 0 Å². The largest absolute Gasteiger partial charge is 0.506 e. The van der Waals surface area contributed by atoms with Crippen molar-refractivity contribution in [1.29, 1.82) is 0 Å². The summed E-state index contributed by atoms with van der Waals surface area (Å²) in [5.74, 6) is -0.278. The highest BCUT2D eigenvalue weighted by atomic mass is 35.5. The van der Waals surface area contributed by atoms with Crippen molar-refractivity contribution >= 4 is 23.2 Å². The molecule has 19 heavy (non-hydrogen) atoms. The highest BCUT2D eigenvalue weighted by Crippen LogP contribution is 2.42. The van der Waals surface area contributed by atoms with E-state index in [4.69, 9.17) is 23.2 Å². The smallest absolute Gasteiger partial charge is 0.417 e. The van der Waals surface area contributed by atoms with E-state index in [2.05, 4.69) is 0 Å². The van der Waals surface area contributed by atoms with Crippen LogP contribution in [0.2, 0.25) is 10.0 Å². The molecule has 0 aliphatic carbocycles. The van der Waals surface area contributed by atoms with Crippen molar-refractivity contribution in [3.63, 3.8) is 0 Å². The molecular formula is C13H7Cl2F3O. The number of hydrogen-bond acceptors (Lipinski definition) is 1. The van der Waals surface area contributed by atoms with Gasteiger partial charge in [-0.05, 0) is 17.7 Å². The molecule has 0 heterocycles. The Kier molecular flexibility index (Phi) is 3.65. The number of halogens is 5. The average molecular weight is 307 g/mol. The average Bonchev–Trinajstić information content (AvgIpc) is 2.33. The molecule has 2 aromatic carbocycles. The van der Waals surface area contributed by atoms with Gasteiger partial charge in [0.05, 0.1) is 15.6 Å². The van der Waals surface area contributed by atoms with Crippen LogP contribution < -0.4 is 0 Å². The maximum absolute atomic E-state index is 12.9. The van der Waals surface area contributed by atoms with Crippen LogP contribution >= 0.6 is 23.2 Å². The molecule has 0 aliphatic rings. The quantitative estimate of drug-likeness (QED) is 0.749. The summed E-state index contributed by atoms with van der Waals surface area (Å²) in [6.45, 7) is 0. The van der Waals surface area contributed by atoms with E-state index in [1.807, 2.05) is 0 Å². The number of phenols is 1. The number of rotatable bonds is 1. The predicted molar refractivity (Wildman–Crippen MR) is 68.6 cm³/mol.